The van der Waals surface area contributed by atoms with E-state index in [4.69, 9.17) is 16.9 Å². The van der Waals surface area contributed by atoms with Crippen molar-refractivity contribution in [2.24, 2.45) is 0 Å². The molecule has 0 unspecified atom stereocenters. The van der Waals surface area contributed by atoms with E-state index in [0.29, 0.717) is 15.6 Å². The standard InChI is InChI=1S/C22H14ClN3O3S/c23-18-9-8-17(30-18)20(27)25-16-3-1-2-15-19(16)22(29)26(21(15)28)12-14-6-4-13(5-7-14)10-11-24/h1-9H,10,12H2,(H,25,27). The second-order valence-corrected chi connectivity index (χ2v) is 8.35. The molecule has 0 saturated heterocycles. The molecule has 30 heavy (non-hydrogen) atoms. The summed E-state index contributed by atoms with van der Waals surface area (Å²) in [7, 11) is 0. The summed E-state index contributed by atoms with van der Waals surface area (Å²) < 4.78 is 0.483. The Labute approximate surface area is 181 Å². The molecule has 1 aliphatic rings. The van der Waals surface area contributed by atoms with Crippen LogP contribution in [0.3, 0.4) is 0 Å². The molecular formula is C22H14ClN3O3S. The highest BCUT2D eigenvalue weighted by Crippen LogP contribution is 2.31. The zero-order chi connectivity index (χ0) is 21.3. The van der Waals surface area contributed by atoms with E-state index >= 15 is 0 Å². The quantitative estimate of drug-likeness (QED) is 0.596. The highest BCUT2D eigenvalue weighted by molar-refractivity contribution is 7.18. The molecule has 1 aliphatic heterocycles. The number of nitriles is 1. The van der Waals surface area contributed by atoms with Crippen LogP contribution in [0.15, 0.2) is 54.6 Å². The topological polar surface area (TPSA) is 90.3 Å². The number of thiophene rings is 1. The SMILES string of the molecule is N#CCc1ccc(CN2C(=O)c3cccc(NC(=O)c4ccc(Cl)s4)c3C2=O)cc1. The van der Waals surface area contributed by atoms with Gasteiger partial charge in [-0.15, -0.1) is 11.3 Å². The number of carbonyl (C=O) groups excluding carboxylic acids is 3. The lowest BCUT2D eigenvalue weighted by Gasteiger charge is -2.14. The van der Waals surface area contributed by atoms with Gasteiger partial charge in [0.2, 0.25) is 0 Å². The van der Waals surface area contributed by atoms with Crippen LogP contribution in [0.4, 0.5) is 5.69 Å². The normalized spacial score (nSPS) is 12.6. The number of fused-ring (bicyclic) bond motifs is 1. The van der Waals surface area contributed by atoms with Crippen molar-refractivity contribution in [1.82, 2.24) is 4.90 Å². The number of anilines is 1. The van der Waals surface area contributed by atoms with Crippen molar-refractivity contribution in [2.75, 3.05) is 5.32 Å². The number of hydrogen-bond donors (Lipinski definition) is 1. The van der Waals surface area contributed by atoms with Crippen LogP contribution in [-0.4, -0.2) is 22.6 Å². The number of amides is 3. The molecular weight excluding hydrogens is 422 g/mol. The van der Waals surface area contributed by atoms with Crippen molar-refractivity contribution in [3.05, 3.63) is 86.1 Å². The molecule has 1 N–H and O–H groups in total. The van der Waals surface area contributed by atoms with Gasteiger partial charge >= 0.3 is 0 Å². The number of nitrogens with one attached hydrogen (secondary N) is 1. The molecule has 3 aromatic rings. The van der Waals surface area contributed by atoms with E-state index in [1.54, 1.807) is 54.6 Å². The maximum Gasteiger partial charge on any atom is 0.265 e. The summed E-state index contributed by atoms with van der Waals surface area (Å²) in [5, 5.41) is 11.5. The number of hydrogen-bond acceptors (Lipinski definition) is 5. The predicted molar refractivity (Wildman–Crippen MR) is 114 cm³/mol. The zero-order valence-corrected chi connectivity index (χ0v) is 17.1. The van der Waals surface area contributed by atoms with Crippen molar-refractivity contribution in [3.8, 4) is 6.07 Å². The lowest BCUT2D eigenvalue weighted by Crippen LogP contribution is -2.29. The molecule has 148 valence electrons. The van der Waals surface area contributed by atoms with E-state index in [1.165, 1.54) is 0 Å². The summed E-state index contributed by atoms with van der Waals surface area (Å²) in [6.45, 7) is 0.104. The van der Waals surface area contributed by atoms with Crippen LogP contribution in [0.5, 0.6) is 0 Å². The lowest BCUT2D eigenvalue weighted by molar-refractivity contribution is 0.0642. The van der Waals surface area contributed by atoms with Crippen molar-refractivity contribution < 1.29 is 14.4 Å². The molecule has 0 bridgehead atoms. The van der Waals surface area contributed by atoms with Gasteiger partial charge in [-0.1, -0.05) is 41.9 Å². The molecule has 0 saturated carbocycles. The average Bonchev–Trinajstić information content (AvgIpc) is 3.27. The second-order valence-electron chi connectivity index (χ2n) is 6.63. The van der Waals surface area contributed by atoms with Crippen LogP contribution in [0.25, 0.3) is 0 Å². The van der Waals surface area contributed by atoms with Gasteiger partial charge in [0, 0.05) is 0 Å². The first-order chi connectivity index (χ1) is 14.5. The minimum absolute atomic E-state index is 0.104. The number of imide groups is 1. The van der Waals surface area contributed by atoms with Gasteiger partial charge in [0.05, 0.1) is 45.1 Å². The van der Waals surface area contributed by atoms with Crippen LogP contribution in [0, 0.1) is 11.3 Å². The number of nitrogens with zero attached hydrogens (tertiary/aromatic N) is 2. The monoisotopic (exact) mass is 435 g/mol. The molecule has 6 nitrogen and oxygen atoms in total. The van der Waals surface area contributed by atoms with Crippen molar-refractivity contribution in [1.29, 1.82) is 5.26 Å². The van der Waals surface area contributed by atoms with Gasteiger partial charge in [-0.2, -0.15) is 5.26 Å². The average molecular weight is 436 g/mol. The van der Waals surface area contributed by atoms with Crippen molar-refractivity contribution >= 4 is 46.3 Å². The Kier molecular flexibility index (Phi) is 5.36. The first-order valence-corrected chi connectivity index (χ1v) is 10.2. The highest BCUT2D eigenvalue weighted by Gasteiger charge is 2.37. The molecule has 0 radical (unpaired) electrons. The summed E-state index contributed by atoms with van der Waals surface area (Å²) in [4.78, 5) is 39.9. The van der Waals surface area contributed by atoms with Crippen LogP contribution < -0.4 is 5.32 Å². The van der Waals surface area contributed by atoms with Gasteiger partial charge < -0.3 is 5.32 Å². The maximum atomic E-state index is 13.0. The summed E-state index contributed by atoms with van der Waals surface area (Å²) >= 11 is 7.01. The van der Waals surface area contributed by atoms with E-state index in [1.807, 2.05) is 0 Å². The third-order valence-electron chi connectivity index (χ3n) is 4.69. The van der Waals surface area contributed by atoms with Crippen LogP contribution in [0.1, 0.15) is 41.5 Å². The molecule has 2 aromatic carbocycles. The first kappa shape index (κ1) is 19.8. The van der Waals surface area contributed by atoms with E-state index < -0.39 is 17.7 Å². The molecule has 4 rings (SSSR count). The molecule has 0 aliphatic carbocycles. The summed E-state index contributed by atoms with van der Waals surface area (Å²) in [6.07, 6.45) is 0.297. The van der Waals surface area contributed by atoms with Gasteiger partial charge in [0.25, 0.3) is 17.7 Å². The minimum atomic E-state index is -0.462. The van der Waals surface area contributed by atoms with E-state index in [2.05, 4.69) is 11.4 Å². The minimum Gasteiger partial charge on any atom is -0.321 e. The second kappa shape index (κ2) is 8.11. The lowest BCUT2D eigenvalue weighted by atomic mass is 10.1. The van der Waals surface area contributed by atoms with Gasteiger partial charge in [-0.3, -0.25) is 19.3 Å². The molecule has 3 amide bonds. The number of benzene rings is 2. The third kappa shape index (κ3) is 3.71. The maximum absolute atomic E-state index is 13.0. The Morgan fingerprint density at radius 2 is 1.77 bits per heavy atom. The van der Waals surface area contributed by atoms with Crippen LogP contribution >= 0.6 is 22.9 Å². The molecule has 0 atom stereocenters. The molecule has 0 spiro atoms. The summed E-state index contributed by atoms with van der Waals surface area (Å²) in [6, 6.07) is 17.3. The summed E-state index contributed by atoms with van der Waals surface area (Å²) in [5.74, 6) is -1.27. The molecule has 0 fully saturated rings. The Morgan fingerprint density at radius 3 is 2.43 bits per heavy atom. The smallest absolute Gasteiger partial charge is 0.265 e. The molecule has 1 aromatic heterocycles. The van der Waals surface area contributed by atoms with Crippen LogP contribution in [-0.2, 0) is 13.0 Å². The van der Waals surface area contributed by atoms with Crippen molar-refractivity contribution in [2.45, 2.75) is 13.0 Å². The third-order valence-corrected chi connectivity index (χ3v) is 5.92. The fourth-order valence-electron chi connectivity index (χ4n) is 3.24. The van der Waals surface area contributed by atoms with Gasteiger partial charge in [0.15, 0.2) is 0 Å². The number of carbonyl (C=O) groups is 3. The van der Waals surface area contributed by atoms with E-state index in [0.717, 1.165) is 27.4 Å². The largest absolute Gasteiger partial charge is 0.321 e. The van der Waals surface area contributed by atoms with Crippen molar-refractivity contribution in [3.63, 3.8) is 0 Å². The van der Waals surface area contributed by atoms with Gasteiger partial charge in [-0.25, -0.2) is 0 Å². The molecule has 2 heterocycles. The zero-order valence-electron chi connectivity index (χ0n) is 15.5. The Morgan fingerprint density at radius 1 is 1.03 bits per heavy atom. The number of halogens is 1. The van der Waals surface area contributed by atoms with E-state index in [-0.39, 0.29) is 23.4 Å². The Bertz CT molecular complexity index is 1210. The predicted octanol–water partition coefficient (Wildman–Crippen LogP) is 4.52. The van der Waals surface area contributed by atoms with Gasteiger partial charge in [0.1, 0.15) is 0 Å². The van der Waals surface area contributed by atoms with E-state index in [9.17, 15) is 14.4 Å². The fourth-order valence-corrected chi connectivity index (χ4v) is 4.18. The summed E-state index contributed by atoms with van der Waals surface area (Å²) in [5.41, 5.74) is 2.35. The Hall–Kier alpha value is -3.47. The fraction of sp³-hybridized carbons (Fsp3) is 0.0909. The van der Waals surface area contributed by atoms with Crippen LogP contribution in [0.2, 0.25) is 4.34 Å². The van der Waals surface area contributed by atoms with Gasteiger partial charge in [-0.05, 0) is 35.4 Å². The Balaban J connectivity index is 1.58. The molecule has 8 heteroatoms. The first-order valence-electron chi connectivity index (χ1n) is 8.98. The number of rotatable bonds is 5. The highest BCUT2D eigenvalue weighted by atomic mass is 35.5.